The van der Waals surface area contributed by atoms with E-state index in [1.807, 2.05) is 53.9 Å². The van der Waals surface area contributed by atoms with Gasteiger partial charge in [0.05, 0.1) is 24.7 Å². The number of fused-ring (bicyclic) bond motifs is 1. The van der Waals surface area contributed by atoms with Crippen molar-refractivity contribution in [1.82, 2.24) is 24.3 Å². The topological polar surface area (TPSA) is 74.8 Å². The van der Waals surface area contributed by atoms with Crippen molar-refractivity contribution in [2.24, 2.45) is 0 Å². The number of nitrogens with zero attached hydrogens (tertiary/aromatic N) is 5. The number of methoxy groups -OCH3 is 1. The van der Waals surface area contributed by atoms with Crippen LogP contribution >= 0.6 is 22.9 Å². The molecule has 3 heterocycles. The largest absolute Gasteiger partial charge is 0.497 e. The summed E-state index contributed by atoms with van der Waals surface area (Å²) in [6.07, 6.45) is 1.54. The first-order valence-corrected chi connectivity index (χ1v) is 10.6. The van der Waals surface area contributed by atoms with Crippen LogP contribution in [0.15, 0.2) is 64.9 Å². The summed E-state index contributed by atoms with van der Waals surface area (Å²) in [5, 5.41) is 7.94. The SMILES string of the molecule is COc1ccc(-n2ncc3c(=O)n(-c4nc(-c5ccc(Cl)cc5)cs4)c(C)nc32)cc1. The van der Waals surface area contributed by atoms with Crippen LogP contribution in [0.1, 0.15) is 5.82 Å². The first kappa shape index (κ1) is 19.5. The first-order valence-electron chi connectivity index (χ1n) is 9.39. The van der Waals surface area contributed by atoms with Gasteiger partial charge in [-0.3, -0.25) is 4.79 Å². The molecule has 0 aliphatic carbocycles. The van der Waals surface area contributed by atoms with Crippen molar-refractivity contribution in [3.05, 3.63) is 81.3 Å². The Morgan fingerprint density at radius 2 is 1.77 bits per heavy atom. The molecule has 9 heteroatoms. The maximum absolute atomic E-state index is 13.3. The fraction of sp³-hybridized carbons (Fsp3) is 0.0909. The number of aromatic nitrogens is 5. The molecule has 31 heavy (non-hydrogen) atoms. The van der Waals surface area contributed by atoms with E-state index in [-0.39, 0.29) is 5.56 Å². The Hall–Kier alpha value is -3.49. The Kier molecular flexibility index (Phi) is 4.80. The highest BCUT2D eigenvalue weighted by atomic mass is 35.5. The number of rotatable bonds is 4. The van der Waals surface area contributed by atoms with Gasteiger partial charge in [0, 0.05) is 16.0 Å². The van der Waals surface area contributed by atoms with Crippen LogP contribution < -0.4 is 10.3 Å². The van der Waals surface area contributed by atoms with Gasteiger partial charge in [-0.05, 0) is 43.3 Å². The Morgan fingerprint density at radius 3 is 2.48 bits per heavy atom. The number of hydrogen-bond acceptors (Lipinski definition) is 6. The summed E-state index contributed by atoms with van der Waals surface area (Å²) in [4.78, 5) is 22.6. The Labute approximate surface area is 186 Å². The normalized spacial score (nSPS) is 11.2. The lowest BCUT2D eigenvalue weighted by Gasteiger charge is -2.08. The standard InChI is InChI=1S/C22H16ClN5O2S/c1-13-25-20-18(11-24-28(20)16-7-9-17(30-2)10-8-16)21(29)27(13)22-26-19(12-31-22)14-3-5-15(23)6-4-14/h3-12H,1-2H3. The molecule has 2 aromatic carbocycles. The van der Waals surface area contributed by atoms with Crippen LogP contribution in [-0.2, 0) is 0 Å². The van der Waals surface area contributed by atoms with Gasteiger partial charge in [0.2, 0.25) is 0 Å². The summed E-state index contributed by atoms with van der Waals surface area (Å²) in [7, 11) is 1.61. The molecule has 7 nitrogen and oxygen atoms in total. The Bertz CT molecular complexity index is 1450. The minimum Gasteiger partial charge on any atom is -0.497 e. The smallest absolute Gasteiger partial charge is 0.271 e. The second-order valence-corrected chi connectivity index (χ2v) is 8.09. The quantitative estimate of drug-likeness (QED) is 0.398. The van der Waals surface area contributed by atoms with E-state index in [1.54, 1.807) is 24.9 Å². The zero-order valence-electron chi connectivity index (χ0n) is 16.6. The van der Waals surface area contributed by atoms with E-state index in [0.717, 1.165) is 22.7 Å². The summed E-state index contributed by atoms with van der Waals surface area (Å²) in [5.41, 5.74) is 2.78. The number of benzene rings is 2. The van der Waals surface area contributed by atoms with Crippen LogP contribution in [0, 0.1) is 6.92 Å². The predicted octanol–water partition coefficient (Wildman–Crippen LogP) is 4.67. The van der Waals surface area contributed by atoms with E-state index >= 15 is 0 Å². The van der Waals surface area contributed by atoms with Gasteiger partial charge in [-0.25, -0.2) is 19.2 Å². The second kappa shape index (κ2) is 7.64. The monoisotopic (exact) mass is 449 g/mol. The molecule has 0 spiro atoms. The number of aryl methyl sites for hydroxylation is 1. The van der Waals surface area contributed by atoms with Gasteiger partial charge >= 0.3 is 0 Å². The molecule has 0 radical (unpaired) electrons. The van der Waals surface area contributed by atoms with Crippen molar-refractivity contribution in [2.75, 3.05) is 7.11 Å². The average molecular weight is 450 g/mol. The lowest BCUT2D eigenvalue weighted by atomic mass is 10.2. The van der Waals surface area contributed by atoms with E-state index < -0.39 is 0 Å². The van der Waals surface area contributed by atoms with E-state index in [2.05, 4.69) is 15.1 Å². The minimum absolute atomic E-state index is 0.209. The number of halogens is 1. The lowest BCUT2D eigenvalue weighted by Crippen LogP contribution is -2.22. The summed E-state index contributed by atoms with van der Waals surface area (Å²) in [5.74, 6) is 1.27. The molecular formula is C22H16ClN5O2S. The minimum atomic E-state index is -0.209. The summed E-state index contributed by atoms with van der Waals surface area (Å²) < 4.78 is 8.37. The van der Waals surface area contributed by atoms with Crippen molar-refractivity contribution in [3.63, 3.8) is 0 Å². The highest BCUT2D eigenvalue weighted by Gasteiger charge is 2.17. The maximum Gasteiger partial charge on any atom is 0.271 e. The molecule has 154 valence electrons. The lowest BCUT2D eigenvalue weighted by molar-refractivity contribution is 0.414. The van der Waals surface area contributed by atoms with Crippen molar-refractivity contribution < 1.29 is 4.74 Å². The number of ether oxygens (including phenoxy) is 1. The van der Waals surface area contributed by atoms with Crippen LogP contribution in [0.2, 0.25) is 5.02 Å². The fourth-order valence-corrected chi connectivity index (χ4v) is 4.33. The van der Waals surface area contributed by atoms with Crippen molar-refractivity contribution >= 4 is 34.0 Å². The Balaban J connectivity index is 1.60. The van der Waals surface area contributed by atoms with Crippen LogP contribution in [0.5, 0.6) is 5.75 Å². The van der Waals surface area contributed by atoms with E-state index in [1.165, 1.54) is 15.9 Å². The zero-order chi connectivity index (χ0) is 21.5. The molecule has 0 unspecified atom stereocenters. The Morgan fingerprint density at radius 1 is 1.03 bits per heavy atom. The molecule has 0 aliphatic heterocycles. The van der Waals surface area contributed by atoms with Gasteiger partial charge in [0.25, 0.3) is 5.56 Å². The fourth-order valence-electron chi connectivity index (χ4n) is 3.33. The molecule has 5 aromatic rings. The van der Waals surface area contributed by atoms with Gasteiger partial charge in [-0.1, -0.05) is 23.7 Å². The van der Waals surface area contributed by atoms with Crippen molar-refractivity contribution in [1.29, 1.82) is 0 Å². The van der Waals surface area contributed by atoms with Gasteiger partial charge in [-0.15, -0.1) is 11.3 Å². The van der Waals surface area contributed by atoms with Crippen LogP contribution in [0.25, 0.3) is 33.1 Å². The summed E-state index contributed by atoms with van der Waals surface area (Å²) in [6.45, 7) is 1.79. The highest BCUT2D eigenvalue weighted by molar-refractivity contribution is 7.12. The zero-order valence-corrected chi connectivity index (χ0v) is 18.2. The first-order chi connectivity index (χ1) is 15.0. The van der Waals surface area contributed by atoms with Crippen LogP contribution in [0.3, 0.4) is 0 Å². The molecule has 0 saturated carbocycles. The molecule has 0 fully saturated rings. The third kappa shape index (κ3) is 3.39. The molecular weight excluding hydrogens is 434 g/mol. The molecule has 0 aliphatic rings. The van der Waals surface area contributed by atoms with E-state index in [4.69, 9.17) is 16.3 Å². The van der Waals surface area contributed by atoms with Crippen LogP contribution in [0.4, 0.5) is 0 Å². The summed E-state index contributed by atoms with van der Waals surface area (Å²) in [6, 6.07) is 14.8. The second-order valence-electron chi connectivity index (χ2n) is 6.81. The van der Waals surface area contributed by atoms with Crippen LogP contribution in [-0.4, -0.2) is 31.4 Å². The average Bonchev–Trinajstić information content (AvgIpc) is 3.42. The molecule has 0 saturated heterocycles. The molecule has 0 bridgehead atoms. The van der Waals surface area contributed by atoms with E-state index in [9.17, 15) is 4.79 Å². The van der Waals surface area contributed by atoms with Gasteiger partial charge in [0.1, 0.15) is 17.0 Å². The van der Waals surface area contributed by atoms with Gasteiger partial charge in [0.15, 0.2) is 10.8 Å². The van der Waals surface area contributed by atoms with Crippen molar-refractivity contribution in [3.8, 4) is 27.8 Å². The molecule has 3 aromatic heterocycles. The third-order valence-electron chi connectivity index (χ3n) is 4.91. The highest BCUT2D eigenvalue weighted by Crippen LogP contribution is 2.26. The maximum atomic E-state index is 13.3. The molecule has 5 rings (SSSR count). The number of thiazole rings is 1. The van der Waals surface area contributed by atoms with Crippen molar-refractivity contribution in [2.45, 2.75) is 6.92 Å². The van der Waals surface area contributed by atoms with Gasteiger partial charge < -0.3 is 4.74 Å². The summed E-state index contributed by atoms with van der Waals surface area (Å²) >= 11 is 7.36. The molecule has 0 amide bonds. The number of hydrogen-bond donors (Lipinski definition) is 0. The van der Waals surface area contributed by atoms with E-state index in [0.29, 0.717) is 27.0 Å². The molecule has 0 N–H and O–H groups in total. The van der Waals surface area contributed by atoms with Gasteiger partial charge in [-0.2, -0.15) is 5.10 Å². The predicted molar refractivity (Wildman–Crippen MR) is 122 cm³/mol. The third-order valence-corrected chi connectivity index (χ3v) is 5.99. The molecule has 0 atom stereocenters.